The van der Waals surface area contributed by atoms with Crippen molar-refractivity contribution in [3.05, 3.63) is 48.3 Å². The van der Waals surface area contributed by atoms with Crippen LogP contribution < -0.4 is 5.32 Å². The standard InChI is InChI=1S/C16H23N3/c1-3-8-15(4-2)18-16-11-17-19(13-16)12-14-9-6-5-7-10-14/h5-7,9-11,13,15,18H,3-4,8,12H2,1-2H3. The largest absolute Gasteiger partial charge is 0.380 e. The van der Waals surface area contributed by atoms with Gasteiger partial charge in [0.25, 0.3) is 0 Å². The van der Waals surface area contributed by atoms with Crippen molar-refractivity contribution in [3.8, 4) is 0 Å². The maximum atomic E-state index is 4.41. The Morgan fingerprint density at radius 2 is 2.00 bits per heavy atom. The number of benzene rings is 1. The normalized spacial score (nSPS) is 12.3. The number of nitrogens with one attached hydrogen (secondary N) is 1. The second-order valence-electron chi connectivity index (χ2n) is 4.95. The van der Waals surface area contributed by atoms with Crippen molar-refractivity contribution in [2.45, 2.75) is 45.7 Å². The van der Waals surface area contributed by atoms with E-state index < -0.39 is 0 Å². The predicted molar refractivity (Wildman–Crippen MR) is 80.4 cm³/mol. The fourth-order valence-corrected chi connectivity index (χ4v) is 2.26. The van der Waals surface area contributed by atoms with E-state index >= 15 is 0 Å². The summed E-state index contributed by atoms with van der Waals surface area (Å²) in [6.07, 6.45) is 7.58. The summed E-state index contributed by atoms with van der Waals surface area (Å²) in [4.78, 5) is 0. The summed E-state index contributed by atoms with van der Waals surface area (Å²) < 4.78 is 1.98. The molecule has 2 aromatic rings. The maximum Gasteiger partial charge on any atom is 0.0728 e. The van der Waals surface area contributed by atoms with E-state index in [4.69, 9.17) is 0 Å². The number of nitrogens with zero attached hydrogens (tertiary/aromatic N) is 2. The molecule has 2 rings (SSSR count). The zero-order valence-electron chi connectivity index (χ0n) is 11.8. The van der Waals surface area contributed by atoms with Gasteiger partial charge in [-0.25, -0.2) is 0 Å². The quantitative estimate of drug-likeness (QED) is 0.814. The lowest BCUT2D eigenvalue weighted by atomic mass is 10.1. The summed E-state index contributed by atoms with van der Waals surface area (Å²) in [5, 5.41) is 7.97. The summed E-state index contributed by atoms with van der Waals surface area (Å²) in [7, 11) is 0. The van der Waals surface area contributed by atoms with E-state index in [1.165, 1.54) is 18.4 Å². The van der Waals surface area contributed by atoms with E-state index in [0.29, 0.717) is 6.04 Å². The predicted octanol–water partition coefficient (Wildman–Crippen LogP) is 3.92. The number of aromatic nitrogens is 2. The minimum atomic E-state index is 0.555. The average Bonchev–Trinajstić information content (AvgIpc) is 2.86. The highest BCUT2D eigenvalue weighted by molar-refractivity contribution is 5.39. The van der Waals surface area contributed by atoms with Crippen molar-refractivity contribution in [2.75, 3.05) is 5.32 Å². The van der Waals surface area contributed by atoms with Gasteiger partial charge in [-0.05, 0) is 18.4 Å². The van der Waals surface area contributed by atoms with E-state index in [0.717, 1.165) is 18.7 Å². The van der Waals surface area contributed by atoms with Gasteiger partial charge >= 0.3 is 0 Å². The average molecular weight is 257 g/mol. The molecule has 19 heavy (non-hydrogen) atoms. The molecule has 1 heterocycles. The van der Waals surface area contributed by atoms with Crippen molar-refractivity contribution in [2.24, 2.45) is 0 Å². The first-order valence-electron chi connectivity index (χ1n) is 7.14. The van der Waals surface area contributed by atoms with Crippen LogP contribution in [0.25, 0.3) is 0 Å². The first-order valence-corrected chi connectivity index (χ1v) is 7.14. The first-order chi connectivity index (χ1) is 9.31. The van der Waals surface area contributed by atoms with E-state index in [2.05, 4.69) is 54.7 Å². The van der Waals surface area contributed by atoms with Crippen LogP contribution in [0, 0.1) is 0 Å². The molecule has 1 unspecified atom stereocenters. The van der Waals surface area contributed by atoms with Gasteiger partial charge in [0.05, 0.1) is 18.4 Å². The summed E-state index contributed by atoms with van der Waals surface area (Å²) in [6, 6.07) is 11.0. The van der Waals surface area contributed by atoms with Crippen LogP contribution in [-0.2, 0) is 6.54 Å². The molecular formula is C16H23N3. The molecule has 0 radical (unpaired) electrons. The molecule has 1 aromatic carbocycles. The maximum absolute atomic E-state index is 4.41. The Morgan fingerprint density at radius 3 is 2.68 bits per heavy atom. The van der Waals surface area contributed by atoms with Crippen LogP contribution in [0.1, 0.15) is 38.7 Å². The molecule has 3 heteroatoms. The van der Waals surface area contributed by atoms with Crippen LogP contribution in [0.2, 0.25) is 0 Å². The Morgan fingerprint density at radius 1 is 1.21 bits per heavy atom. The third-order valence-electron chi connectivity index (χ3n) is 3.32. The Hall–Kier alpha value is -1.77. The molecule has 0 fully saturated rings. The zero-order chi connectivity index (χ0) is 13.5. The SMILES string of the molecule is CCCC(CC)Nc1cnn(Cc2ccccc2)c1. The second kappa shape index (κ2) is 6.98. The Kier molecular flexibility index (Phi) is 5.01. The monoisotopic (exact) mass is 257 g/mol. The minimum Gasteiger partial charge on any atom is -0.380 e. The van der Waals surface area contributed by atoms with Crippen LogP contribution >= 0.6 is 0 Å². The number of hydrogen-bond donors (Lipinski definition) is 1. The van der Waals surface area contributed by atoms with Crippen molar-refractivity contribution >= 4 is 5.69 Å². The molecule has 1 N–H and O–H groups in total. The number of rotatable bonds is 7. The molecule has 0 amide bonds. The molecule has 102 valence electrons. The number of hydrogen-bond acceptors (Lipinski definition) is 2. The van der Waals surface area contributed by atoms with Crippen LogP contribution in [0.4, 0.5) is 5.69 Å². The molecule has 3 nitrogen and oxygen atoms in total. The minimum absolute atomic E-state index is 0.555. The van der Waals surface area contributed by atoms with E-state index in [1.807, 2.05) is 16.9 Å². The number of anilines is 1. The van der Waals surface area contributed by atoms with Gasteiger partial charge in [0.2, 0.25) is 0 Å². The zero-order valence-corrected chi connectivity index (χ0v) is 11.8. The van der Waals surface area contributed by atoms with Crippen LogP contribution in [-0.4, -0.2) is 15.8 Å². The van der Waals surface area contributed by atoms with Gasteiger partial charge in [-0.1, -0.05) is 50.6 Å². The molecule has 0 aliphatic carbocycles. The highest BCUT2D eigenvalue weighted by atomic mass is 15.3. The lowest BCUT2D eigenvalue weighted by Gasteiger charge is -2.15. The van der Waals surface area contributed by atoms with Crippen molar-refractivity contribution in [1.29, 1.82) is 0 Å². The molecule has 0 spiro atoms. The van der Waals surface area contributed by atoms with Gasteiger partial charge in [0.15, 0.2) is 0 Å². The van der Waals surface area contributed by atoms with Gasteiger partial charge < -0.3 is 5.32 Å². The van der Waals surface area contributed by atoms with Crippen molar-refractivity contribution in [3.63, 3.8) is 0 Å². The smallest absolute Gasteiger partial charge is 0.0728 e. The van der Waals surface area contributed by atoms with Gasteiger partial charge in [-0.2, -0.15) is 5.10 Å². The van der Waals surface area contributed by atoms with Gasteiger partial charge in [0.1, 0.15) is 0 Å². The fourth-order valence-electron chi connectivity index (χ4n) is 2.26. The molecule has 0 saturated carbocycles. The Bertz CT molecular complexity index is 476. The molecule has 0 aliphatic rings. The summed E-state index contributed by atoms with van der Waals surface area (Å²) >= 11 is 0. The molecule has 0 saturated heterocycles. The highest BCUT2D eigenvalue weighted by Gasteiger charge is 2.06. The second-order valence-corrected chi connectivity index (χ2v) is 4.95. The van der Waals surface area contributed by atoms with Gasteiger partial charge in [-0.15, -0.1) is 0 Å². The lowest BCUT2D eigenvalue weighted by molar-refractivity contribution is 0.622. The Balaban J connectivity index is 1.95. The Labute approximate surface area is 115 Å². The van der Waals surface area contributed by atoms with Crippen LogP contribution in [0.3, 0.4) is 0 Å². The molecule has 0 aliphatic heterocycles. The van der Waals surface area contributed by atoms with E-state index in [9.17, 15) is 0 Å². The fraction of sp³-hybridized carbons (Fsp3) is 0.438. The summed E-state index contributed by atoms with van der Waals surface area (Å²) in [5.41, 5.74) is 2.40. The highest BCUT2D eigenvalue weighted by Crippen LogP contribution is 2.13. The van der Waals surface area contributed by atoms with Crippen LogP contribution in [0.5, 0.6) is 0 Å². The van der Waals surface area contributed by atoms with Crippen molar-refractivity contribution < 1.29 is 0 Å². The first kappa shape index (κ1) is 13.7. The van der Waals surface area contributed by atoms with Crippen molar-refractivity contribution in [1.82, 2.24) is 9.78 Å². The molecular weight excluding hydrogens is 234 g/mol. The third kappa shape index (κ3) is 4.12. The van der Waals surface area contributed by atoms with E-state index in [1.54, 1.807) is 0 Å². The molecule has 1 aromatic heterocycles. The third-order valence-corrected chi connectivity index (χ3v) is 3.32. The van der Waals surface area contributed by atoms with Gasteiger partial charge in [-0.3, -0.25) is 4.68 Å². The van der Waals surface area contributed by atoms with Gasteiger partial charge in [0, 0.05) is 12.2 Å². The lowest BCUT2D eigenvalue weighted by Crippen LogP contribution is -2.17. The topological polar surface area (TPSA) is 29.9 Å². The summed E-state index contributed by atoms with van der Waals surface area (Å²) in [5.74, 6) is 0. The molecule has 0 bridgehead atoms. The van der Waals surface area contributed by atoms with Crippen LogP contribution in [0.15, 0.2) is 42.7 Å². The summed E-state index contributed by atoms with van der Waals surface area (Å²) in [6.45, 7) is 5.28. The van der Waals surface area contributed by atoms with E-state index in [-0.39, 0.29) is 0 Å². The molecule has 1 atom stereocenters.